The lowest BCUT2D eigenvalue weighted by Gasteiger charge is -2.33. The molecule has 2 N–H and O–H groups in total. The molecular formula is C31H42N4O5. The van der Waals surface area contributed by atoms with Crippen molar-refractivity contribution >= 4 is 40.4 Å². The minimum atomic E-state index is -0.825. The number of aromatic nitrogens is 1. The Balaban J connectivity index is 1.71. The molecule has 1 aliphatic rings. The van der Waals surface area contributed by atoms with E-state index in [-0.39, 0.29) is 23.5 Å². The molecule has 9 heteroatoms. The summed E-state index contributed by atoms with van der Waals surface area (Å²) in [6, 6.07) is 6.69. The summed E-state index contributed by atoms with van der Waals surface area (Å²) in [7, 11) is 0. The van der Waals surface area contributed by atoms with E-state index in [1.165, 1.54) is 11.9 Å². The molecule has 2 amide bonds. The number of benzene rings is 1. The van der Waals surface area contributed by atoms with Crippen LogP contribution in [0.1, 0.15) is 85.1 Å². The van der Waals surface area contributed by atoms with Crippen LogP contribution in [0.2, 0.25) is 0 Å². The monoisotopic (exact) mass is 550 g/mol. The Morgan fingerprint density at radius 2 is 1.90 bits per heavy atom. The minimum absolute atomic E-state index is 0.00469. The van der Waals surface area contributed by atoms with Gasteiger partial charge in [0.05, 0.1) is 17.2 Å². The topological polar surface area (TPSA) is 118 Å². The Morgan fingerprint density at radius 3 is 2.55 bits per heavy atom. The van der Waals surface area contributed by atoms with E-state index in [1.54, 1.807) is 20.0 Å². The molecule has 1 fully saturated rings. The summed E-state index contributed by atoms with van der Waals surface area (Å²) in [5.41, 5.74) is 3.68. The number of nitrogens with one attached hydrogen (secondary N) is 2. The number of carbonyl (C=O) groups is 4. The van der Waals surface area contributed by atoms with Crippen molar-refractivity contribution in [1.29, 1.82) is 0 Å². The second-order valence-corrected chi connectivity index (χ2v) is 11.4. The van der Waals surface area contributed by atoms with Gasteiger partial charge in [0.15, 0.2) is 5.78 Å². The fourth-order valence-corrected chi connectivity index (χ4v) is 4.59. The maximum absolute atomic E-state index is 12.9. The van der Waals surface area contributed by atoms with E-state index in [9.17, 15) is 19.2 Å². The highest BCUT2D eigenvalue weighted by Crippen LogP contribution is 2.25. The van der Waals surface area contributed by atoms with Crippen LogP contribution >= 0.6 is 0 Å². The van der Waals surface area contributed by atoms with E-state index in [0.717, 1.165) is 22.8 Å². The fraction of sp³-hybridized carbons (Fsp3) is 0.516. The summed E-state index contributed by atoms with van der Waals surface area (Å²) in [6.07, 6.45) is 6.58. The molecule has 0 aliphatic carbocycles. The first kappa shape index (κ1) is 30.9. The molecule has 0 radical (unpaired) electrons. The zero-order chi connectivity index (χ0) is 29.6. The number of nitrogens with zero attached hydrogens (tertiary/aromatic N) is 2. The number of pyridine rings is 1. The van der Waals surface area contributed by atoms with Crippen LogP contribution in [0.5, 0.6) is 0 Å². The summed E-state index contributed by atoms with van der Waals surface area (Å²) < 4.78 is 5.72. The van der Waals surface area contributed by atoms with Crippen LogP contribution in [0.4, 0.5) is 0 Å². The summed E-state index contributed by atoms with van der Waals surface area (Å²) in [5.74, 6) is -0.734. The Morgan fingerprint density at radius 1 is 1.18 bits per heavy atom. The Kier molecular flexibility index (Phi) is 10.2. The Labute approximate surface area is 236 Å². The van der Waals surface area contributed by atoms with Crippen molar-refractivity contribution in [3.05, 3.63) is 47.8 Å². The van der Waals surface area contributed by atoms with Crippen LogP contribution in [0.3, 0.4) is 0 Å². The second kappa shape index (κ2) is 13.2. The molecule has 0 spiro atoms. The van der Waals surface area contributed by atoms with E-state index < -0.39 is 29.6 Å². The standard InChI is InChI=1S/C31H42N4O5/c1-8-27(37)35-15-9-10-25(34-35)29(38)40-21(5)26-17-24-16-22(11-12-23(24)18-32-26)13-14-31(6,7)30(39)33-28(19(2)3)20(4)36/h11-14,16-19,21,25,28,34H,8-10,15H2,1-7H3,(H,33,39)/b14-13+/t21-,25+,28+/m1/s1. The quantitative estimate of drug-likeness (QED) is 0.418. The predicted molar refractivity (Wildman–Crippen MR) is 155 cm³/mol. The second-order valence-electron chi connectivity index (χ2n) is 11.4. The van der Waals surface area contributed by atoms with E-state index in [0.29, 0.717) is 25.1 Å². The molecular weight excluding hydrogens is 508 g/mol. The van der Waals surface area contributed by atoms with Crippen LogP contribution < -0.4 is 10.7 Å². The molecule has 2 heterocycles. The third kappa shape index (κ3) is 7.75. The van der Waals surface area contributed by atoms with Crippen molar-refractivity contribution in [2.45, 2.75) is 85.9 Å². The highest BCUT2D eigenvalue weighted by molar-refractivity contribution is 5.91. The number of hydrogen-bond donors (Lipinski definition) is 2. The number of amides is 2. The van der Waals surface area contributed by atoms with Crippen molar-refractivity contribution in [1.82, 2.24) is 20.7 Å². The lowest BCUT2D eigenvalue weighted by atomic mass is 9.89. The Hall–Kier alpha value is -3.59. The highest BCUT2D eigenvalue weighted by Gasteiger charge is 2.31. The minimum Gasteiger partial charge on any atom is -0.455 e. The number of hydrogen-bond acceptors (Lipinski definition) is 7. The highest BCUT2D eigenvalue weighted by atomic mass is 16.5. The number of hydrazine groups is 1. The van der Waals surface area contributed by atoms with Gasteiger partial charge in [0, 0.05) is 24.5 Å². The van der Waals surface area contributed by atoms with Gasteiger partial charge >= 0.3 is 5.97 Å². The molecule has 40 heavy (non-hydrogen) atoms. The van der Waals surface area contributed by atoms with Crippen molar-refractivity contribution < 1.29 is 23.9 Å². The normalized spacial score (nSPS) is 17.6. The fourth-order valence-electron chi connectivity index (χ4n) is 4.59. The number of rotatable bonds is 10. The molecule has 9 nitrogen and oxygen atoms in total. The lowest BCUT2D eigenvalue weighted by Crippen LogP contribution is -2.55. The zero-order valence-corrected chi connectivity index (χ0v) is 24.6. The van der Waals surface area contributed by atoms with E-state index in [1.807, 2.05) is 64.1 Å². The SMILES string of the molecule is CCC(=O)N1CCC[C@@H](C(=O)O[C@H](C)c2cc3cc(/C=C/C(C)(C)C(=O)N[C@H](C(C)=O)C(C)C)ccc3cn2)N1. The Bertz CT molecular complexity index is 1290. The molecule has 1 saturated heterocycles. The van der Waals surface area contributed by atoms with Gasteiger partial charge in [-0.1, -0.05) is 45.1 Å². The van der Waals surface area contributed by atoms with E-state index >= 15 is 0 Å². The lowest BCUT2D eigenvalue weighted by molar-refractivity contribution is -0.156. The third-order valence-corrected chi connectivity index (χ3v) is 7.22. The van der Waals surface area contributed by atoms with Crippen LogP contribution in [-0.2, 0) is 23.9 Å². The van der Waals surface area contributed by atoms with Crippen LogP contribution in [0, 0.1) is 11.3 Å². The molecule has 3 rings (SSSR count). The largest absolute Gasteiger partial charge is 0.455 e. The van der Waals surface area contributed by atoms with Gasteiger partial charge in [-0.2, -0.15) is 0 Å². The molecule has 0 saturated carbocycles. The number of Topliss-reactive ketones (excluding diaryl/α,β-unsaturated/α-hetero) is 1. The molecule has 1 aromatic carbocycles. The van der Waals surface area contributed by atoms with Crippen LogP contribution in [0.15, 0.2) is 36.5 Å². The van der Waals surface area contributed by atoms with Gasteiger partial charge in [-0.25, -0.2) is 5.43 Å². The number of ether oxygens (including phenoxy) is 1. The third-order valence-electron chi connectivity index (χ3n) is 7.22. The molecule has 0 unspecified atom stereocenters. The van der Waals surface area contributed by atoms with E-state index in [2.05, 4.69) is 15.7 Å². The first-order valence-electron chi connectivity index (χ1n) is 14.0. The molecule has 0 bridgehead atoms. The molecule has 3 atom stereocenters. The molecule has 1 aliphatic heterocycles. The van der Waals surface area contributed by atoms with Gasteiger partial charge in [0.2, 0.25) is 11.8 Å². The molecule has 2 aromatic rings. The molecule has 1 aromatic heterocycles. The van der Waals surface area contributed by atoms with Gasteiger partial charge in [0.25, 0.3) is 0 Å². The number of esters is 1. The van der Waals surface area contributed by atoms with Crippen molar-refractivity contribution in [2.24, 2.45) is 11.3 Å². The maximum atomic E-state index is 12.9. The first-order chi connectivity index (χ1) is 18.8. The zero-order valence-electron chi connectivity index (χ0n) is 24.6. The van der Waals surface area contributed by atoms with Crippen LogP contribution in [0.25, 0.3) is 16.8 Å². The number of carbonyl (C=O) groups excluding carboxylic acids is 4. The predicted octanol–water partition coefficient (Wildman–Crippen LogP) is 4.51. The first-order valence-corrected chi connectivity index (χ1v) is 14.0. The van der Waals surface area contributed by atoms with Gasteiger partial charge in [-0.15, -0.1) is 0 Å². The van der Waals surface area contributed by atoms with Crippen molar-refractivity contribution in [2.75, 3.05) is 6.54 Å². The number of ketones is 1. The maximum Gasteiger partial charge on any atom is 0.325 e. The summed E-state index contributed by atoms with van der Waals surface area (Å²) in [4.78, 5) is 54.2. The smallest absolute Gasteiger partial charge is 0.325 e. The van der Waals surface area contributed by atoms with E-state index in [4.69, 9.17) is 4.74 Å². The van der Waals surface area contributed by atoms with Gasteiger partial charge in [-0.3, -0.25) is 29.2 Å². The van der Waals surface area contributed by atoms with Crippen molar-refractivity contribution in [3.8, 4) is 0 Å². The van der Waals surface area contributed by atoms with Gasteiger partial charge in [-0.05, 0) is 69.5 Å². The number of fused-ring (bicyclic) bond motifs is 1. The summed E-state index contributed by atoms with van der Waals surface area (Å²) in [5, 5.41) is 6.23. The van der Waals surface area contributed by atoms with Gasteiger partial charge < -0.3 is 10.1 Å². The summed E-state index contributed by atoms with van der Waals surface area (Å²) >= 11 is 0. The van der Waals surface area contributed by atoms with Crippen molar-refractivity contribution in [3.63, 3.8) is 0 Å². The molecule has 216 valence electrons. The van der Waals surface area contributed by atoms with Gasteiger partial charge in [0.1, 0.15) is 12.1 Å². The summed E-state index contributed by atoms with van der Waals surface area (Å²) in [6.45, 7) is 13.1. The average molecular weight is 551 g/mol. The van der Waals surface area contributed by atoms with Crippen LogP contribution in [-0.4, -0.2) is 52.2 Å². The average Bonchev–Trinajstić information content (AvgIpc) is 2.93.